The van der Waals surface area contributed by atoms with Gasteiger partial charge in [-0.3, -0.25) is 14.9 Å². The summed E-state index contributed by atoms with van der Waals surface area (Å²) in [6.45, 7) is 0. The van der Waals surface area contributed by atoms with E-state index in [0.29, 0.717) is 27.5 Å². The molecule has 1 N–H and O–H groups in total. The highest BCUT2D eigenvalue weighted by molar-refractivity contribution is 7.99. The first-order chi connectivity index (χ1) is 15.0. The van der Waals surface area contributed by atoms with Crippen molar-refractivity contribution in [3.8, 4) is 11.5 Å². The molecule has 0 fully saturated rings. The van der Waals surface area contributed by atoms with E-state index in [0.717, 1.165) is 4.90 Å². The fourth-order valence-electron chi connectivity index (χ4n) is 2.63. The SMILES string of the molecule is COc1cc(OC)cc(C(=O)N/N=C/c2ccc(Sc3ccccc3)c([N+](=O)[O-])c2)c1. The maximum atomic E-state index is 12.4. The van der Waals surface area contributed by atoms with Crippen molar-refractivity contribution in [1.82, 2.24) is 5.43 Å². The van der Waals surface area contributed by atoms with Crippen molar-refractivity contribution in [2.24, 2.45) is 5.10 Å². The molecule has 0 aliphatic rings. The van der Waals surface area contributed by atoms with Gasteiger partial charge in [-0.15, -0.1) is 0 Å². The highest BCUT2D eigenvalue weighted by atomic mass is 32.2. The smallest absolute Gasteiger partial charge is 0.283 e. The summed E-state index contributed by atoms with van der Waals surface area (Å²) in [7, 11) is 2.97. The Balaban J connectivity index is 1.74. The number of benzene rings is 3. The van der Waals surface area contributed by atoms with Crippen LogP contribution >= 0.6 is 11.8 Å². The standard InChI is InChI=1S/C22H19N3O5S/c1-29-17-11-16(12-18(13-17)30-2)22(26)24-23-14-15-8-9-21(20(10-15)25(27)28)31-19-6-4-3-5-7-19/h3-14H,1-2H3,(H,24,26)/b23-14+. The second kappa shape index (κ2) is 10.3. The van der Waals surface area contributed by atoms with Crippen LogP contribution < -0.4 is 14.9 Å². The third kappa shape index (κ3) is 5.83. The van der Waals surface area contributed by atoms with E-state index in [-0.39, 0.29) is 5.69 Å². The Bertz CT molecular complexity index is 1100. The largest absolute Gasteiger partial charge is 0.497 e. The van der Waals surface area contributed by atoms with Gasteiger partial charge in [0.2, 0.25) is 0 Å². The van der Waals surface area contributed by atoms with Gasteiger partial charge in [0.05, 0.1) is 30.3 Å². The van der Waals surface area contributed by atoms with Crippen LogP contribution in [0.4, 0.5) is 5.69 Å². The summed E-state index contributed by atoms with van der Waals surface area (Å²) >= 11 is 1.30. The predicted molar refractivity (Wildman–Crippen MR) is 118 cm³/mol. The van der Waals surface area contributed by atoms with E-state index in [1.165, 1.54) is 38.3 Å². The van der Waals surface area contributed by atoms with Gasteiger partial charge in [0.25, 0.3) is 11.6 Å². The molecule has 0 bridgehead atoms. The first kappa shape index (κ1) is 21.8. The van der Waals surface area contributed by atoms with E-state index in [4.69, 9.17) is 9.47 Å². The number of ether oxygens (including phenoxy) is 2. The van der Waals surface area contributed by atoms with E-state index in [1.54, 1.807) is 30.3 Å². The molecule has 0 unspecified atom stereocenters. The Labute approximate surface area is 183 Å². The molecule has 0 saturated heterocycles. The third-order valence-corrected chi connectivity index (χ3v) is 5.22. The van der Waals surface area contributed by atoms with Crippen LogP contribution in [0.3, 0.4) is 0 Å². The number of nitro groups is 1. The number of hydrogen-bond donors (Lipinski definition) is 1. The monoisotopic (exact) mass is 437 g/mol. The van der Waals surface area contributed by atoms with Gasteiger partial charge >= 0.3 is 0 Å². The zero-order chi connectivity index (χ0) is 22.2. The van der Waals surface area contributed by atoms with Crippen LogP contribution in [0.15, 0.2) is 81.6 Å². The number of nitro benzene ring substituents is 1. The van der Waals surface area contributed by atoms with Crippen LogP contribution in [0.2, 0.25) is 0 Å². The molecule has 3 rings (SSSR count). The van der Waals surface area contributed by atoms with Gasteiger partial charge in [-0.25, -0.2) is 5.43 Å². The molecule has 9 heteroatoms. The summed E-state index contributed by atoms with van der Waals surface area (Å²) < 4.78 is 10.3. The van der Waals surface area contributed by atoms with Crippen LogP contribution in [-0.4, -0.2) is 31.3 Å². The number of hydrazone groups is 1. The number of hydrogen-bond acceptors (Lipinski definition) is 7. The average Bonchev–Trinajstić information content (AvgIpc) is 2.80. The van der Waals surface area contributed by atoms with Gasteiger partial charge in [-0.2, -0.15) is 5.10 Å². The number of amides is 1. The third-order valence-electron chi connectivity index (χ3n) is 4.14. The van der Waals surface area contributed by atoms with Gasteiger partial charge in [0.1, 0.15) is 11.5 Å². The zero-order valence-electron chi connectivity index (χ0n) is 16.8. The second-order valence-corrected chi connectivity index (χ2v) is 7.32. The topological polar surface area (TPSA) is 103 Å². The van der Waals surface area contributed by atoms with E-state index in [1.807, 2.05) is 30.3 Å². The molecule has 0 atom stereocenters. The quantitative estimate of drug-likeness (QED) is 0.316. The lowest BCUT2D eigenvalue weighted by molar-refractivity contribution is -0.387. The van der Waals surface area contributed by atoms with Crippen LogP contribution in [0, 0.1) is 10.1 Å². The van der Waals surface area contributed by atoms with E-state index < -0.39 is 10.8 Å². The minimum absolute atomic E-state index is 0.0401. The Morgan fingerprint density at radius 1 is 1.03 bits per heavy atom. The van der Waals surface area contributed by atoms with Crippen molar-refractivity contribution in [2.75, 3.05) is 14.2 Å². The zero-order valence-corrected chi connectivity index (χ0v) is 17.6. The van der Waals surface area contributed by atoms with Crippen molar-refractivity contribution < 1.29 is 19.2 Å². The van der Waals surface area contributed by atoms with Crippen LogP contribution in [0.1, 0.15) is 15.9 Å². The lowest BCUT2D eigenvalue weighted by Gasteiger charge is -2.07. The molecule has 158 valence electrons. The second-order valence-electron chi connectivity index (χ2n) is 6.20. The highest BCUT2D eigenvalue weighted by Gasteiger charge is 2.15. The van der Waals surface area contributed by atoms with Gasteiger partial charge in [-0.05, 0) is 30.3 Å². The highest BCUT2D eigenvalue weighted by Crippen LogP contribution is 2.35. The molecule has 0 saturated carbocycles. The van der Waals surface area contributed by atoms with Crippen molar-refractivity contribution in [2.45, 2.75) is 9.79 Å². The van der Waals surface area contributed by atoms with Crippen molar-refractivity contribution >= 4 is 29.6 Å². The fraction of sp³-hybridized carbons (Fsp3) is 0.0909. The van der Waals surface area contributed by atoms with Gasteiger partial charge < -0.3 is 9.47 Å². The summed E-state index contributed by atoms with van der Waals surface area (Å²) in [5.74, 6) is 0.463. The Kier molecular flexibility index (Phi) is 7.23. The maximum Gasteiger partial charge on any atom is 0.283 e. The van der Waals surface area contributed by atoms with Crippen LogP contribution in [0.5, 0.6) is 11.5 Å². The van der Waals surface area contributed by atoms with E-state index in [9.17, 15) is 14.9 Å². The molecule has 0 aromatic heterocycles. The minimum Gasteiger partial charge on any atom is -0.497 e. The van der Waals surface area contributed by atoms with Gasteiger partial charge in [0, 0.05) is 28.2 Å². The van der Waals surface area contributed by atoms with Crippen LogP contribution in [-0.2, 0) is 0 Å². The number of nitrogens with zero attached hydrogens (tertiary/aromatic N) is 2. The Morgan fingerprint density at radius 2 is 1.71 bits per heavy atom. The number of methoxy groups -OCH3 is 2. The number of carbonyl (C=O) groups is 1. The molecule has 1 amide bonds. The summed E-state index contributed by atoms with van der Waals surface area (Å²) in [6, 6.07) is 18.9. The molecule has 0 aliphatic heterocycles. The summed E-state index contributed by atoms with van der Waals surface area (Å²) in [5.41, 5.74) is 3.14. The van der Waals surface area contributed by atoms with E-state index >= 15 is 0 Å². The number of rotatable bonds is 8. The molecule has 3 aromatic rings. The summed E-state index contributed by atoms with van der Waals surface area (Å²) in [4.78, 5) is 24.8. The Morgan fingerprint density at radius 3 is 2.32 bits per heavy atom. The molecule has 0 spiro atoms. The van der Waals surface area contributed by atoms with Crippen LogP contribution in [0.25, 0.3) is 0 Å². The summed E-state index contributed by atoms with van der Waals surface area (Å²) in [5, 5.41) is 15.4. The molecule has 3 aromatic carbocycles. The number of carbonyl (C=O) groups excluding carboxylic acids is 1. The molecule has 0 radical (unpaired) electrons. The average molecular weight is 437 g/mol. The van der Waals surface area contributed by atoms with Crippen molar-refractivity contribution in [1.29, 1.82) is 0 Å². The molecule has 8 nitrogen and oxygen atoms in total. The minimum atomic E-state index is -0.473. The fourth-order valence-corrected chi connectivity index (χ4v) is 3.55. The number of nitrogens with one attached hydrogen (secondary N) is 1. The first-order valence-corrected chi connectivity index (χ1v) is 9.89. The van der Waals surface area contributed by atoms with Gasteiger partial charge in [0.15, 0.2) is 0 Å². The summed E-state index contributed by atoms with van der Waals surface area (Å²) in [6.07, 6.45) is 1.35. The molecule has 31 heavy (non-hydrogen) atoms. The van der Waals surface area contributed by atoms with Crippen molar-refractivity contribution in [3.63, 3.8) is 0 Å². The predicted octanol–water partition coefficient (Wildman–Crippen LogP) is 4.53. The maximum absolute atomic E-state index is 12.4. The normalized spacial score (nSPS) is 10.6. The molecular formula is C22H19N3O5S. The lowest BCUT2D eigenvalue weighted by atomic mass is 10.2. The van der Waals surface area contributed by atoms with Gasteiger partial charge in [-0.1, -0.05) is 36.0 Å². The molecule has 0 aliphatic carbocycles. The molecular weight excluding hydrogens is 418 g/mol. The Hall–Kier alpha value is -3.85. The first-order valence-electron chi connectivity index (χ1n) is 9.08. The molecule has 0 heterocycles. The van der Waals surface area contributed by atoms with E-state index in [2.05, 4.69) is 10.5 Å². The lowest BCUT2D eigenvalue weighted by Crippen LogP contribution is -2.17. The van der Waals surface area contributed by atoms with Crippen molar-refractivity contribution in [3.05, 3.63) is 88.0 Å².